The van der Waals surface area contributed by atoms with Gasteiger partial charge in [0.25, 0.3) is 11.6 Å². The van der Waals surface area contributed by atoms with Gasteiger partial charge in [0, 0.05) is 36.2 Å². The molecule has 12 heteroatoms. The Balaban J connectivity index is 1.35. The minimum absolute atomic E-state index is 0.131. The molecule has 4 aromatic rings. The van der Waals surface area contributed by atoms with Gasteiger partial charge >= 0.3 is 0 Å². The number of carbonyl (C=O) groups excluding carboxylic acids is 1. The van der Waals surface area contributed by atoms with E-state index in [-0.39, 0.29) is 16.4 Å². The number of rotatable bonds is 6. The van der Waals surface area contributed by atoms with E-state index in [9.17, 15) is 14.9 Å². The summed E-state index contributed by atoms with van der Waals surface area (Å²) in [5.74, 6) is 0.306. The molecule has 0 unspecified atom stereocenters. The number of nitrogens with one attached hydrogen (secondary N) is 2. The van der Waals surface area contributed by atoms with Gasteiger partial charge in [0.05, 0.1) is 4.92 Å². The molecule has 2 heterocycles. The standard InChI is InChI=1S/C20H17N7O3S2/c1-2-16-23-24-20-26(16)25-18(32-20)13-8-6-12(7-9-13)11-21-19(31)22-17(28)14-4-3-5-15(10-14)27(29)30/h3-10H,2,11H2,1H3,(H2,21,22,28,31). The molecule has 0 radical (unpaired) electrons. The van der Waals surface area contributed by atoms with Crippen molar-refractivity contribution in [3.8, 4) is 10.6 Å². The molecule has 2 aromatic carbocycles. The molecule has 0 atom stereocenters. The van der Waals surface area contributed by atoms with Crippen molar-refractivity contribution in [2.24, 2.45) is 0 Å². The molecule has 10 nitrogen and oxygen atoms in total. The predicted octanol–water partition coefficient (Wildman–Crippen LogP) is 3.13. The fraction of sp³-hybridized carbons (Fsp3) is 0.150. The molecule has 2 N–H and O–H groups in total. The highest BCUT2D eigenvalue weighted by atomic mass is 32.1. The fourth-order valence-electron chi connectivity index (χ4n) is 2.92. The van der Waals surface area contributed by atoms with E-state index in [4.69, 9.17) is 12.2 Å². The first-order chi connectivity index (χ1) is 15.4. The van der Waals surface area contributed by atoms with Crippen LogP contribution in [-0.4, -0.2) is 35.8 Å². The number of nitrogens with zero attached hydrogens (tertiary/aromatic N) is 5. The number of fused-ring (bicyclic) bond motifs is 1. The first kappa shape index (κ1) is 21.5. The molecule has 0 aliphatic heterocycles. The van der Waals surface area contributed by atoms with Gasteiger partial charge in [-0.05, 0) is 23.8 Å². The Morgan fingerprint density at radius 2 is 2.00 bits per heavy atom. The Kier molecular flexibility index (Phi) is 6.14. The van der Waals surface area contributed by atoms with E-state index in [0.29, 0.717) is 6.54 Å². The summed E-state index contributed by atoms with van der Waals surface area (Å²) in [4.78, 5) is 23.3. The van der Waals surface area contributed by atoms with Gasteiger partial charge in [-0.15, -0.1) is 10.2 Å². The van der Waals surface area contributed by atoms with Gasteiger partial charge in [0.2, 0.25) is 4.96 Å². The van der Waals surface area contributed by atoms with Crippen LogP contribution in [0, 0.1) is 10.1 Å². The second-order valence-electron chi connectivity index (χ2n) is 6.71. The zero-order valence-corrected chi connectivity index (χ0v) is 18.4. The van der Waals surface area contributed by atoms with E-state index in [1.54, 1.807) is 4.52 Å². The van der Waals surface area contributed by atoms with E-state index in [0.717, 1.165) is 33.3 Å². The third-order valence-corrected chi connectivity index (χ3v) is 5.77. The number of amides is 1. The van der Waals surface area contributed by atoms with Crippen LogP contribution in [0.4, 0.5) is 5.69 Å². The first-order valence-corrected chi connectivity index (χ1v) is 10.8. The monoisotopic (exact) mass is 467 g/mol. The maximum Gasteiger partial charge on any atom is 0.270 e. The Labute approximate surface area is 191 Å². The largest absolute Gasteiger partial charge is 0.358 e. The summed E-state index contributed by atoms with van der Waals surface area (Å²) in [6, 6.07) is 13.3. The molecule has 0 aliphatic rings. The zero-order valence-electron chi connectivity index (χ0n) is 16.8. The highest BCUT2D eigenvalue weighted by Crippen LogP contribution is 2.25. The van der Waals surface area contributed by atoms with Crippen molar-refractivity contribution < 1.29 is 9.72 Å². The number of hydrogen-bond donors (Lipinski definition) is 2. The number of nitro benzene ring substituents is 1. The Morgan fingerprint density at radius 3 is 2.72 bits per heavy atom. The lowest BCUT2D eigenvalue weighted by molar-refractivity contribution is -0.384. The Morgan fingerprint density at radius 1 is 1.22 bits per heavy atom. The van der Waals surface area contributed by atoms with Gasteiger partial charge in [0.1, 0.15) is 5.01 Å². The molecule has 0 spiro atoms. The van der Waals surface area contributed by atoms with E-state index in [1.165, 1.54) is 35.6 Å². The topological polar surface area (TPSA) is 127 Å². The van der Waals surface area contributed by atoms with Crippen LogP contribution in [0.5, 0.6) is 0 Å². The van der Waals surface area contributed by atoms with Crippen molar-refractivity contribution in [3.05, 3.63) is 75.6 Å². The fourth-order valence-corrected chi connectivity index (χ4v) is 3.95. The third-order valence-electron chi connectivity index (χ3n) is 4.57. The summed E-state index contributed by atoms with van der Waals surface area (Å²) in [7, 11) is 0. The number of hydrogen-bond acceptors (Lipinski definition) is 8. The number of carbonyl (C=O) groups is 1. The molecular formula is C20H17N7O3S2. The summed E-state index contributed by atoms with van der Waals surface area (Å²) in [5, 5.41) is 30.1. The summed E-state index contributed by atoms with van der Waals surface area (Å²) in [6.07, 6.45) is 0.757. The Bertz CT molecular complexity index is 1310. The molecule has 0 fully saturated rings. The van der Waals surface area contributed by atoms with E-state index in [1.807, 2.05) is 31.2 Å². The SMILES string of the molecule is CCc1nnc2sc(-c3ccc(CNC(=S)NC(=O)c4cccc([N+](=O)[O-])c4)cc3)nn12. The minimum Gasteiger partial charge on any atom is -0.358 e. The van der Waals surface area contributed by atoms with Crippen LogP contribution in [0.2, 0.25) is 0 Å². The number of aryl methyl sites for hydroxylation is 1. The lowest BCUT2D eigenvalue weighted by atomic mass is 10.1. The van der Waals surface area contributed by atoms with Crippen LogP contribution in [0.25, 0.3) is 15.5 Å². The van der Waals surface area contributed by atoms with Crippen LogP contribution < -0.4 is 10.6 Å². The highest BCUT2D eigenvalue weighted by Gasteiger charge is 2.13. The molecule has 2 aromatic heterocycles. The van der Waals surface area contributed by atoms with Crippen LogP contribution >= 0.6 is 23.6 Å². The summed E-state index contributed by atoms with van der Waals surface area (Å²) in [5.41, 5.74) is 1.92. The van der Waals surface area contributed by atoms with Gasteiger partial charge in [-0.2, -0.15) is 9.61 Å². The van der Waals surface area contributed by atoms with Gasteiger partial charge in [-0.25, -0.2) is 0 Å². The third kappa shape index (κ3) is 4.60. The van der Waals surface area contributed by atoms with Crippen molar-refractivity contribution in [1.82, 2.24) is 30.4 Å². The van der Waals surface area contributed by atoms with E-state index < -0.39 is 10.8 Å². The number of benzene rings is 2. The van der Waals surface area contributed by atoms with Crippen molar-refractivity contribution in [2.45, 2.75) is 19.9 Å². The molecule has 32 heavy (non-hydrogen) atoms. The van der Waals surface area contributed by atoms with Crippen LogP contribution in [-0.2, 0) is 13.0 Å². The number of nitro groups is 1. The summed E-state index contributed by atoms with van der Waals surface area (Å²) < 4.78 is 1.76. The van der Waals surface area contributed by atoms with Gasteiger partial charge < -0.3 is 5.32 Å². The lowest BCUT2D eigenvalue weighted by Gasteiger charge is -2.10. The van der Waals surface area contributed by atoms with Crippen molar-refractivity contribution in [2.75, 3.05) is 0 Å². The maximum absolute atomic E-state index is 12.3. The van der Waals surface area contributed by atoms with Gasteiger partial charge in [-0.1, -0.05) is 48.6 Å². The summed E-state index contributed by atoms with van der Waals surface area (Å²) in [6.45, 7) is 2.41. The van der Waals surface area contributed by atoms with E-state index >= 15 is 0 Å². The second kappa shape index (κ2) is 9.16. The highest BCUT2D eigenvalue weighted by molar-refractivity contribution is 7.80. The normalized spacial score (nSPS) is 10.8. The molecule has 0 saturated heterocycles. The number of aromatic nitrogens is 4. The van der Waals surface area contributed by atoms with Crippen molar-refractivity contribution in [3.63, 3.8) is 0 Å². The van der Waals surface area contributed by atoms with Gasteiger partial charge in [0.15, 0.2) is 10.9 Å². The molecule has 0 bridgehead atoms. The molecule has 4 rings (SSSR count). The smallest absolute Gasteiger partial charge is 0.270 e. The molecule has 1 amide bonds. The lowest BCUT2D eigenvalue weighted by Crippen LogP contribution is -2.38. The molecular weight excluding hydrogens is 450 g/mol. The molecule has 0 aliphatic carbocycles. The first-order valence-electron chi connectivity index (χ1n) is 9.58. The second-order valence-corrected chi connectivity index (χ2v) is 8.08. The molecule has 162 valence electrons. The predicted molar refractivity (Wildman–Crippen MR) is 123 cm³/mol. The Hall–Kier alpha value is -3.77. The van der Waals surface area contributed by atoms with Gasteiger partial charge in [-0.3, -0.25) is 20.2 Å². The van der Waals surface area contributed by atoms with E-state index in [2.05, 4.69) is 25.9 Å². The minimum atomic E-state index is -0.555. The van der Waals surface area contributed by atoms with Crippen LogP contribution in [0.1, 0.15) is 28.7 Å². The van der Waals surface area contributed by atoms with Crippen molar-refractivity contribution in [1.29, 1.82) is 0 Å². The number of non-ortho nitro benzene ring substituents is 1. The quantitative estimate of drug-likeness (QED) is 0.252. The number of thiocarbonyl (C=S) groups is 1. The van der Waals surface area contributed by atoms with Crippen LogP contribution in [0.15, 0.2) is 48.5 Å². The molecule has 0 saturated carbocycles. The average Bonchev–Trinajstić information content (AvgIpc) is 3.39. The maximum atomic E-state index is 12.3. The average molecular weight is 468 g/mol. The van der Waals surface area contributed by atoms with Crippen LogP contribution in [0.3, 0.4) is 0 Å². The summed E-state index contributed by atoms with van der Waals surface area (Å²) >= 11 is 6.64. The zero-order chi connectivity index (χ0) is 22.7. The van der Waals surface area contributed by atoms with Crippen molar-refractivity contribution >= 4 is 45.2 Å².